The zero-order valence-electron chi connectivity index (χ0n) is 9.78. The van der Waals surface area contributed by atoms with E-state index in [1.54, 1.807) is 23.0 Å². The summed E-state index contributed by atoms with van der Waals surface area (Å²) in [7, 11) is 0. The van der Waals surface area contributed by atoms with Gasteiger partial charge in [-0.05, 0) is 6.07 Å². The minimum atomic E-state index is 0.417. The van der Waals surface area contributed by atoms with Crippen LogP contribution in [0.1, 0.15) is 5.56 Å². The molecule has 0 fully saturated rings. The van der Waals surface area contributed by atoms with Crippen LogP contribution in [-0.2, 0) is 0 Å². The minimum Gasteiger partial charge on any atom is -0.397 e. The van der Waals surface area contributed by atoms with E-state index in [-0.39, 0.29) is 0 Å². The molecule has 0 aromatic carbocycles. The molecule has 3 aromatic rings. The number of nitriles is 1. The molecular formula is C12H9N7. The second-order valence-corrected chi connectivity index (χ2v) is 3.98. The minimum absolute atomic E-state index is 0.417. The van der Waals surface area contributed by atoms with Crippen molar-refractivity contribution in [1.29, 1.82) is 5.26 Å². The Kier molecular flexibility index (Phi) is 2.29. The Morgan fingerprint density at radius 1 is 1.05 bits per heavy atom. The summed E-state index contributed by atoms with van der Waals surface area (Å²) in [6.45, 7) is 0. The smallest absolute Gasteiger partial charge is 0.164 e. The van der Waals surface area contributed by atoms with E-state index in [0.29, 0.717) is 28.4 Å². The van der Waals surface area contributed by atoms with Gasteiger partial charge >= 0.3 is 0 Å². The number of nitrogen functional groups attached to an aromatic ring is 2. The summed E-state index contributed by atoms with van der Waals surface area (Å²) in [5, 5.41) is 13.8. The molecule has 0 saturated carbocycles. The average molecular weight is 251 g/mol. The standard InChI is InChI=1S/C12H9N7/c13-3-7-1-8-5-18-19(12(8)17-4-7)11-2-9(14)10(15)6-16-11/h1-2,4-6H,15H2,(H2,14,16). The van der Waals surface area contributed by atoms with E-state index in [2.05, 4.69) is 15.1 Å². The molecular weight excluding hydrogens is 242 g/mol. The third kappa shape index (κ3) is 1.71. The number of hydrogen-bond acceptors (Lipinski definition) is 6. The summed E-state index contributed by atoms with van der Waals surface area (Å²) in [5.41, 5.74) is 13.3. The quantitative estimate of drug-likeness (QED) is 0.661. The first-order valence-electron chi connectivity index (χ1n) is 5.44. The predicted molar refractivity (Wildman–Crippen MR) is 70.2 cm³/mol. The second kappa shape index (κ2) is 3.96. The maximum atomic E-state index is 8.83. The molecule has 0 saturated heterocycles. The molecule has 0 spiro atoms. The second-order valence-electron chi connectivity index (χ2n) is 3.98. The number of pyridine rings is 2. The SMILES string of the molecule is N#Cc1cnc2c(cnn2-c2cc(N)c(N)cn2)c1. The Hall–Kier alpha value is -3.14. The van der Waals surface area contributed by atoms with Crippen molar-refractivity contribution in [2.75, 3.05) is 11.5 Å². The normalized spacial score (nSPS) is 10.5. The maximum absolute atomic E-state index is 8.83. The molecule has 3 rings (SSSR count). The Balaban J connectivity index is 2.20. The highest BCUT2D eigenvalue weighted by Crippen LogP contribution is 2.19. The monoisotopic (exact) mass is 251 g/mol. The molecule has 92 valence electrons. The summed E-state index contributed by atoms with van der Waals surface area (Å²) in [4.78, 5) is 8.37. The Morgan fingerprint density at radius 2 is 1.89 bits per heavy atom. The third-order valence-corrected chi connectivity index (χ3v) is 2.71. The summed E-state index contributed by atoms with van der Waals surface area (Å²) >= 11 is 0. The van der Waals surface area contributed by atoms with E-state index < -0.39 is 0 Å². The summed E-state index contributed by atoms with van der Waals surface area (Å²) < 4.78 is 1.55. The zero-order chi connectivity index (χ0) is 13.4. The van der Waals surface area contributed by atoms with Crippen LogP contribution >= 0.6 is 0 Å². The van der Waals surface area contributed by atoms with Gasteiger partial charge in [0.1, 0.15) is 6.07 Å². The summed E-state index contributed by atoms with van der Waals surface area (Å²) in [6.07, 6.45) is 4.58. The van der Waals surface area contributed by atoms with Crippen LogP contribution in [0.4, 0.5) is 11.4 Å². The molecule has 0 unspecified atom stereocenters. The lowest BCUT2D eigenvalue weighted by molar-refractivity contribution is 0.864. The van der Waals surface area contributed by atoms with Crippen LogP contribution in [-0.4, -0.2) is 19.7 Å². The highest BCUT2D eigenvalue weighted by Gasteiger charge is 2.09. The maximum Gasteiger partial charge on any atom is 0.164 e. The first-order chi connectivity index (χ1) is 9.19. The first-order valence-corrected chi connectivity index (χ1v) is 5.44. The molecule has 0 atom stereocenters. The van der Waals surface area contributed by atoms with Gasteiger partial charge in [0.25, 0.3) is 0 Å². The molecule has 0 aliphatic rings. The van der Waals surface area contributed by atoms with Crippen LogP contribution in [0.5, 0.6) is 0 Å². The number of hydrogen-bond donors (Lipinski definition) is 2. The van der Waals surface area contributed by atoms with Crippen LogP contribution < -0.4 is 11.5 Å². The molecule has 0 amide bonds. The van der Waals surface area contributed by atoms with Crippen LogP contribution in [0.15, 0.2) is 30.7 Å². The van der Waals surface area contributed by atoms with Crippen molar-refractivity contribution in [2.24, 2.45) is 0 Å². The first kappa shape index (κ1) is 11.0. The van der Waals surface area contributed by atoms with Gasteiger partial charge in [-0.2, -0.15) is 15.0 Å². The highest BCUT2D eigenvalue weighted by molar-refractivity contribution is 5.77. The van der Waals surface area contributed by atoms with Crippen molar-refractivity contribution >= 4 is 22.4 Å². The summed E-state index contributed by atoms with van der Waals surface area (Å²) in [5.74, 6) is 0.527. The van der Waals surface area contributed by atoms with Crippen LogP contribution in [0.25, 0.3) is 16.9 Å². The van der Waals surface area contributed by atoms with E-state index in [4.69, 9.17) is 16.7 Å². The Morgan fingerprint density at radius 3 is 2.63 bits per heavy atom. The molecule has 0 aliphatic heterocycles. The fourth-order valence-electron chi connectivity index (χ4n) is 1.74. The molecule has 0 aliphatic carbocycles. The third-order valence-electron chi connectivity index (χ3n) is 2.71. The number of aromatic nitrogens is 4. The van der Waals surface area contributed by atoms with Gasteiger partial charge in [-0.1, -0.05) is 0 Å². The fourth-order valence-corrected chi connectivity index (χ4v) is 1.74. The molecule has 0 radical (unpaired) electrons. The lowest BCUT2D eigenvalue weighted by Gasteiger charge is -2.04. The van der Waals surface area contributed by atoms with Crippen molar-refractivity contribution in [3.8, 4) is 11.9 Å². The van der Waals surface area contributed by atoms with Crippen molar-refractivity contribution < 1.29 is 0 Å². The highest BCUT2D eigenvalue weighted by atomic mass is 15.3. The van der Waals surface area contributed by atoms with Gasteiger partial charge in [0.05, 0.1) is 29.3 Å². The number of nitrogens with zero attached hydrogens (tertiary/aromatic N) is 5. The van der Waals surface area contributed by atoms with Crippen molar-refractivity contribution in [2.45, 2.75) is 0 Å². The average Bonchev–Trinajstić information content (AvgIpc) is 2.84. The van der Waals surface area contributed by atoms with E-state index in [1.165, 1.54) is 12.4 Å². The Bertz CT molecular complexity index is 813. The molecule has 0 bridgehead atoms. The van der Waals surface area contributed by atoms with Gasteiger partial charge in [-0.3, -0.25) is 0 Å². The zero-order valence-corrected chi connectivity index (χ0v) is 9.78. The van der Waals surface area contributed by atoms with Crippen molar-refractivity contribution in [3.63, 3.8) is 0 Å². The van der Waals surface area contributed by atoms with E-state index in [1.807, 2.05) is 6.07 Å². The predicted octanol–water partition coefficient (Wildman–Crippen LogP) is 0.852. The van der Waals surface area contributed by atoms with Gasteiger partial charge in [-0.15, -0.1) is 0 Å². The number of rotatable bonds is 1. The van der Waals surface area contributed by atoms with Crippen molar-refractivity contribution in [3.05, 3.63) is 36.3 Å². The fraction of sp³-hybridized carbons (Fsp3) is 0. The molecule has 4 N–H and O–H groups in total. The van der Waals surface area contributed by atoms with E-state index >= 15 is 0 Å². The lowest BCUT2D eigenvalue weighted by Crippen LogP contribution is -2.03. The summed E-state index contributed by atoms with van der Waals surface area (Å²) in [6, 6.07) is 5.37. The van der Waals surface area contributed by atoms with Crippen LogP contribution in [0.3, 0.4) is 0 Å². The van der Waals surface area contributed by atoms with Crippen molar-refractivity contribution in [1.82, 2.24) is 19.7 Å². The van der Waals surface area contributed by atoms with Crippen LogP contribution in [0.2, 0.25) is 0 Å². The number of nitrogens with two attached hydrogens (primary N) is 2. The van der Waals surface area contributed by atoms with Gasteiger partial charge < -0.3 is 11.5 Å². The topological polar surface area (TPSA) is 119 Å². The number of anilines is 2. The molecule has 3 aromatic heterocycles. The van der Waals surface area contributed by atoms with Gasteiger partial charge in [0.15, 0.2) is 11.5 Å². The lowest BCUT2D eigenvalue weighted by atomic mass is 10.2. The molecule has 7 heteroatoms. The largest absolute Gasteiger partial charge is 0.397 e. The van der Waals surface area contributed by atoms with Gasteiger partial charge in [0.2, 0.25) is 0 Å². The van der Waals surface area contributed by atoms with E-state index in [9.17, 15) is 0 Å². The van der Waals surface area contributed by atoms with Crippen LogP contribution in [0, 0.1) is 11.3 Å². The van der Waals surface area contributed by atoms with E-state index in [0.717, 1.165) is 5.39 Å². The Labute approximate surface area is 108 Å². The number of fused-ring (bicyclic) bond motifs is 1. The van der Waals surface area contributed by atoms with Gasteiger partial charge in [-0.25, -0.2) is 9.97 Å². The van der Waals surface area contributed by atoms with Gasteiger partial charge in [0, 0.05) is 17.6 Å². The molecule has 7 nitrogen and oxygen atoms in total. The molecule has 3 heterocycles. The molecule has 19 heavy (non-hydrogen) atoms.